The van der Waals surface area contributed by atoms with Crippen molar-refractivity contribution in [3.8, 4) is 0 Å². The Bertz CT molecular complexity index is 391. The van der Waals surface area contributed by atoms with Gasteiger partial charge in [-0.05, 0) is 28.1 Å². The number of carboxylic acid groups (broad SMARTS) is 1. The molecule has 1 unspecified atom stereocenters. The summed E-state index contributed by atoms with van der Waals surface area (Å²) in [6.45, 7) is 0. The fourth-order valence-electron chi connectivity index (χ4n) is 0.971. The molecule has 80 valence electrons. The number of benzene rings is 1. The van der Waals surface area contributed by atoms with E-state index in [-0.39, 0.29) is 11.3 Å². The van der Waals surface area contributed by atoms with E-state index in [1.165, 1.54) is 12.1 Å². The molecule has 0 aliphatic rings. The van der Waals surface area contributed by atoms with Gasteiger partial charge in [-0.15, -0.1) is 0 Å². The molecular formula is C9H8BrNO4. The smallest absolute Gasteiger partial charge is 0.337 e. The monoisotopic (exact) mass is 273 g/mol. The van der Waals surface area contributed by atoms with E-state index < -0.39 is 16.9 Å². The maximum Gasteiger partial charge on any atom is 0.337 e. The average Bonchev–Trinajstić information content (AvgIpc) is 2.18. The van der Waals surface area contributed by atoms with Gasteiger partial charge in [0.1, 0.15) is 0 Å². The Kier molecular flexibility index (Phi) is 3.81. The first kappa shape index (κ1) is 11.7. The highest BCUT2D eigenvalue weighted by molar-refractivity contribution is 9.09. The van der Waals surface area contributed by atoms with E-state index in [0.717, 1.165) is 0 Å². The minimum Gasteiger partial charge on any atom is -0.478 e. The lowest BCUT2D eigenvalue weighted by molar-refractivity contribution is -0.119. The topological polar surface area (TPSA) is 86.6 Å². The van der Waals surface area contributed by atoms with Gasteiger partial charge in [0.25, 0.3) is 5.91 Å². The second-order valence-corrected chi connectivity index (χ2v) is 3.54. The maximum absolute atomic E-state index is 11.1. The normalized spacial score (nSPS) is 11.9. The molecule has 0 aromatic heterocycles. The number of rotatable bonds is 3. The Morgan fingerprint density at radius 2 is 1.93 bits per heavy atom. The van der Waals surface area contributed by atoms with E-state index in [1.807, 2.05) is 0 Å². The van der Waals surface area contributed by atoms with Gasteiger partial charge in [-0.3, -0.25) is 4.79 Å². The summed E-state index contributed by atoms with van der Waals surface area (Å²) in [4.78, 5) is 21.8. The summed E-state index contributed by atoms with van der Waals surface area (Å²) in [5.41, 5.74) is 0.118. The summed E-state index contributed by atoms with van der Waals surface area (Å²) in [7, 11) is 0. The summed E-state index contributed by atoms with van der Waals surface area (Å²) in [6, 6.07) is 5.93. The van der Waals surface area contributed by atoms with Crippen LogP contribution in [0.2, 0.25) is 0 Å². The van der Waals surface area contributed by atoms with Crippen molar-refractivity contribution in [2.24, 2.45) is 0 Å². The van der Waals surface area contributed by atoms with Gasteiger partial charge in [0.15, 0.2) is 5.01 Å². The molecule has 6 heteroatoms. The lowest BCUT2D eigenvalue weighted by atomic mass is 10.2. The highest BCUT2D eigenvalue weighted by atomic mass is 79.9. The number of hydrogen-bond donors (Lipinski definition) is 3. The zero-order valence-electron chi connectivity index (χ0n) is 7.48. The van der Waals surface area contributed by atoms with E-state index in [9.17, 15) is 9.59 Å². The number of aromatic carboxylic acids is 1. The van der Waals surface area contributed by atoms with E-state index in [4.69, 9.17) is 10.2 Å². The summed E-state index contributed by atoms with van der Waals surface area (Å²) < 4.78 is 0. The van der Waals surface area contributed by atoms with E-state index in [0.29, 0.717) is 0 Å². The van der Waals surface area contributed by atoms with Gasteiger partial charge in [-0.25, -0.2) is 4.79 Å². The molecular weight excluding hydrogens is 266 g/mol. The number of anilines is 1. The summed E-state index contributed by atoms with van der Waals surface area (Å²) in [5.74, 6) is -1.86. The number of carbonyl (C=O) groups excluding carboxylic acids is 1. The second kappa shape index (κ2) is 4.90. The number of amides is 1. The fourth-order valence-corrected chi connectivity index (χ4v) is 1.09. The van der Waals surface area contributed by atoms with Crippen molar-refractivity contribution in [3.63, 3.8) is 0 Å². The minimum atomic E-state index is -1.36. The van der Waals surface area contributed by atoms with E-state index >= 15 is 0 Å². The summed E-state index contributed by atoms with van der Waals surface area (Å²) >= 11 is 2.65. The van der Waals surface area contributed by atoms with Crippen molar-refractivity contribution in [2.75, 3.05) is 5.32 Å². The molecule has 0 heterocycles. The van der Waals surface area contributed by atoms with Crippen LogP contribution in [0, 0.1) is 0 Å². The first-order valence-corrected chi connectivity index (χ1v) is 4.89. The number of halogens is 1. The molecule has 1 aromatic carbocycles. The van der Waals surface area contributed by atoms with Crippen LogP contribution >= 0.6 is 15.9 Å². The third-order valence-electron chi connectivity index (χ3n) is 1.63. The first-order valence-electron chi connectivity index (χ1n) is 3.97. The third kappa shape index (κ3) is 3.03. The maximum atomic E-state index is 11.1. The number of para-hydroxylation sites is 1. The van der Waals surface area contributed by atoms with Crippen LogP contribution in [0.3, 0.4) is 0 Å². The first-order chi connectivity index (χ1) is 7.02. The van der Waals surface area contributed by atoms with Crippen molar-refractivity contribution in [3.05, 3.63) is 29.8 Å². The number of carboxylic acids is 1. The van der Waals surface area contributed by atoms with Crippen molar-refractivity contribution >= 4 is 33.5 Å². The molecule has 0 saturated heterocycles. The van der Waals surface area contributed by atoms with Crippen LogP contribution in [0.4, 0.5) is 5.69 Å². The van der Waals surface area contributed by atoms with Gasteiger partial charge in [-0.2, -0.15) is 0 Å². The molecule has 3 N–H and O–H groups in total. The van der Waals surface area contributed by atoms with Crippen molar-refractivity contribution < 1.29 is 19.8 Å². The summed E-state index contributed by atoms with van der Waals surface area (Å²) in [5, 5.41) is 18.6. The predicted octanol–water partition coefficient (Wildman–Crippen LogP) is 1.04. The molecule has 1 rings (SSSR count). The lowest BCUT2D eigenvalue weighted by Gasteiger charge is -2.08. The van der Waals surface area contributed by atoms with Crippen LogP contribution in [-0.2, 0) is 4.79 Å². The van der Waals surface area contributed by atoms with Gasteiger partial charge >= 0.3 is 5.97 Å². The van der Waals surface area contributed by atoms with Crippen LogP contribution in [0.25, 0.3) is 0 Å². The fraction of sp³-hybridized carbons (Fsp3) is 0.111. The molecule has 0 aliphatic carbocycles. The molecule has 1 amide bonds. The average molecular weight is 274 g/mol. The van der Waals surface area contributed by atoms with Gasteiger partial charge in [0, 0.05) is 0 Å². The largest absolute Gasteiger partial charge is 0.478 e. The molecule has 1 aromatic rings. The van der Waals surface area contributed by atoms with Crippen LogP contribution in [-0.4, -0.2) is 27.1 Å². The lowest BCUT2D eigenvalue weighted by Crippen LogP contribution is -2.23. The second-order valence-electron chi connectivity index (χ2n) is 2.68. The molecule has 1 atom stereocenters. The number of hydrogen-bond acceptors (Lipinski definition) is 3. The number of aliphatic hydroxyl groups is 1. The Labute approximate surface area is 93.9 Å². The van der Waals surface area contributed by atoms with Crippen LogP contribution in [0.5, 0.6) is 0 Å². The van der Waals surface area contributed by atoms with Crippen LogP contribution in [0.15, 0.2) is 24.3 Å². The number of alkyl halides is 1. The molecule has 0 aliphatic heterocycles. The van der Waals surface area contributed by atoms with Gasteiger partial charge in [-0.1, -0.05) is 12.1 Å². The van der Waals surface area contributed by atoms with Crippen molar-refractivity contribution in [1.82, 2.24) is 0 Å². The zero-order valence-corrected chi connectivity index (χ0v) is 9.06. The molecule has 0 fully saturated rings. The zero-order chi connectivity index (χ0) is 11.4. The van der Waals surface area contributed by atoms with Crippen LogP contribution in [0.1, 0.15) is 10.4 Å². The Balaban J connectivity index is 2.94. The van der Waals surface area contributed by atoms with Crippen molar-refractivity contribution in [2.45, 2.75) is 5.01 Å². The van der Waals surface area contributed by atoms with Gasteiger partial charge < -0.3 is 15.5 Å². The van der Waals surface area contributed by atoms with Crippen LogP contribution < -0.4 is 5.32 Å². The molecule has 0 bridgehead atoms. The molecule has 0 spiro atoms. The van der Waals surface area contributed by atoms with Crippen molar-refractivity contribution in [1.29, 1.82) is 0 Å². The van der Waals surface area contributed by atoms with E-state index in [1.54, 1.807) is 12.1 Å². The minimum absolute atomic E-state index is 0.0287. The number of carbonyl (C=O) groups is 2. The van der Waals surface area contributed by atoms with Gasteiger partial charge in [0.05, 0.1) is 11.3 Å². The molecule has 5 nitrogen and oxygen atoms in total. The number of nitrogens with one attached hydrogen (secondary N) is 1. The molecule has 0 radical (unpaired) electrons. The summed E-state index contributed by atoms with van der Waals surface area (Å²) in [6.07, 6.45) is 0. The SMILES string of the molecule is O=C(O)c1ccccc1NC(=O)C(O)Br. The Hall–Kier alpha value is -1.40. The number of aliphatic hydroxyl groups excluding tert-OH is 1. The van der Waals surface area contributed by atoms with Gasteiger partial charge in [0.2, 0.25) is 0 Å². The van der Waals surface area contributed by atoms with E-state index in [2.05, 4.69) is 21.2 Å². The Morgan fingerprint density at radius 1 is 1.33 bits per heavy atom. The quantitative estimate of drug-likeness (QED) is 0.719. The highest BCUT2D eigenvalue weighted by Gasteiger charge is 2.15. The Morgan fingerprint density at radius 3 is 2.47 bits per heavy atom. The molecule has 15 heavy (non-hydrogen) atoms. The highest BCUT2D eigenvalue weighted by Crippen LogP contribution is 2.15. The molecule has 0 saturated carbocycles. The standard InChI is InChI=1S/C9H8BrNO4/c10-7(12)8(13)11-6-4-2-1-3-5(6)9(14)15/h1-4,7,12H,(H,11,13)(H,14,15). The third-order valence-corrected chi connectivity index (χ3v) is 2.05. The predicted molar refractivity (Wildman–Crippen MR) is 57.0 cm³/mol.